The van der Waals surface area contributed by atoms with E-state index < -0.39 is 0 Å². The summed E-state index contributed by atoms with van der Waals surface area (Å²) >= 11 is 0. The van der Waals surface area contributed by atoms with Crippen molar-refractivity contribution in [3.8, 4) is 5.75 Å². The van der Waals surface area contributed by atoms with E-state index in [4.69, 9.17) is 5.84 Å². The Morgan fingerprint density at radius 2 is 1.50 bits per heavy atom. The molecule has 0 aromatic heterocycles. The molecule has 0 aliphatic heterocycles. The topological polar surface area (TPSA) is 58.6 Å². The first-order valence-corrected chi connectivity index (χ1v) is 6.78. The van der Waals surface area contributed by atoms with Crippen LogP contribution in [-0.4, -0.2) is 11.3 Å². The third kappa shape index (κ3) is 4.92. The summed E-state index contributed by atoms with van der Waals surface area (Å²) in [6, 6.07) is 3.86. The highest BCUT2D eigenvalue weighted by molar-refractivity contribution is 5.80. The molecule has 0 amide bonds. The largest absolute Gasteiger partial charge is 0.507 e. The molecule has 0 saturated heterocycles. The smallest absolute Gasteiger partial charge is 0.122 e. The number of nitrogens with two attached hydrogens (primary N) is 1. The van der Waals surface area contributed by atoms with Gasteiger partial charge in [0.1, 0.15) is 5.75 Å². The SMILES string of the molecule is CC(C)=CCc1cc(C=NN)cc(CC=C(C)C)c1O. The first-order chi connectivity index (χ1) is 9.43. The predicted molar refractivity (Wildman–Crippen MR) is 86.2 cm³/mol. The molecule has 3 N–H and O–H groups in total. The van der Waals surface area contributed by atoms with Gasteiger partial charge in [-0.1, -0.05) is 23.3 Å². The summed E-state index contributed by atoms with van der Waals surface area (Å²) in [4.78, 5) is 0. The van der Waals surface area contributed by atoms with E-state index in [1.807, 2.05) is 39.8 Å². The second-order valence-corrected chi connectivity index (χ2v) is 5.44. The fourth-order valence-electron chi connectivity index (χ4n) is 1.89. The molecule has 0 aliphatic rings. The Morgan fingerprint density at radius 1 is 1.05 bits per heavy atom. The first-order valence-electron chi connectivity index (χ1n) is 6.78. The minimum Gasteiger partial charge on any atom is -0.507 e. The van der Waals surface area contributed by atoms with Gasteiger partial charge in [0.15, 0.2) is 0 Å². The van der Waals surface area contributed by atoms with Gasteiger partial charge in [-0.15, -0.1) is 0 Å². The molecule has 1 aromatic rings. The van der Waals surface area contributed by atoms with Crippen LogP contribution in [0.5, 0.6) is 5.75 Å². The Balaban J connectivity index is 3.21. The summed E-state index contributed by atoms with van der Waals surface area (Å²) in [6.07, 6.45) is 7.23. The van der Waals surface area contributed by atoms with Crippen molar-refractivity contribution in [2.24, 2.45) is 10.9 Å². The lowest BCUT2D eigenvalue weighted by Gasteiger charge is -2.10. The van der Waals surface area contributed by atoms with E-state index >= 15 is 0 Å². The molecular weight excluding hydrogens is 248 g/mol. The summed E-state index contributed by atoms with van der Waals surface area (Å²) in [5, 5.41) is 13.9. The minimum absolute atomic E-state index is 0.370. The lowest BCUT2D eigenvalue weighted by atomic mass is 9.99. The average molecular weight is 272 g/mol. The van der Waals surface area contributed by atoms with Crippen molar-refractivity contribution in [2.45, 2.75) is 40.5 Å². The Kier molecular flexibility index (Phi) is 6.04. The molecule has 3 nitrogen and oxygen atoms in total. The molecule has 0 atom stereocenters. The van der Waals surface area contributed by atoms with E-state index in [9.17, 15) is 5.11 Å². The number of aromatic hydroxyl groups is 1. The highest BCUT2D eigenvalue weighted by atomic mass is 16.3. The zero-order valence-corrected chi connectivity index (χ0v) is 12.8. The molecule has 108 valence electrons. The van der Waals surface area contributed by atoms with Crippen molar-refractivity contribution < 1.29 is 5.11 Å². The van der Waals surface area contributed by atoms with Crippen molar-refractivity contribution in [3.63, 3.8) is 0 Å². The van der Waals surface area contributed by atoms with E-state index in [1.54, 1.807) is 6.21 Å². The van der Waals surface area contributed by atoms with Crippen molar-refractivity contribution in [3.05, 3.63) is 52.1 Å². The lowest BCUT2D eigenvalue weighted by molar-refractivity contribution is 0.464. The van der Waals surface area contributed by atoms with Gasteiger partial charge in [-0.05, 0) is 69.4 Å². The fraction of sp³-hybridized carbons (Fsp3) is 0.353. The van der Waals surface area contributed by atoms with E-state index in [1.165, 1.54) is 11.1 Å². The van der Waals surface area contributed by atoms with Gasteiger partial charge in [-0.3, -0.25) is 0 Å². The van der Waals surface area contributed by atoms with Crippen LogP contribution < -0.4 is 5.84 Å². The van der Waals surface area contributed by atoms with Gasteiger partial charge in [-0.2, -0.15) is 5.10 Å². The van der Waals surface area contributed by atoms with E-state index in [0.717, 1.165) is 16.7 Å². The quantitative estimate of drug-likeness (QED) is 0.371. The Hall–Kier alpha value is -2.03. The molecular formula is C17H24N2O. The third-order valence-corrected chi connectivity index (χ3v) is 2.97. The normalized spacial score (nSPS) is 10.6. The van der Waals surface area contributed by atoms with Crippen LogP contribution in [0.15, 0.2) is 40.5 Å². The van der Waals surface area contributed by atoms with Crippen LogP contribution >= 0.6 is 0 Å². The number of phenolic OH excluding ortho intramolecular Hbond substituents is 1. The molecule has 0 fully saturated rings. The zero-order chi connectivity index (χ0) is 15.1. The average Bonchev–Trinajstić information content (AvgIpc) is 2.37. The van der Waals surface area contributed by atoms with Crippen LogP contribution in [0, 0.1) is 0 Å². The third-order valence-electron chi connectivity index (χ3n) is 2.97. The number of rotatable bonds is 5. The van der Waals surface area contributed by atoms with E-state index in [-0.39, 0.29) is 0 Å². The van der Waals surface area contributed by atoms with Crippen LogP contribution in [0.2, 0.25) is 0 Å². The van der Waals surface area contributed by atoms with Crippen molar-refractivity contribution >= 4 is 6.21 Å². The highest BCUT2D eigenvalue weighted by Crippen LogP contribution is 2.26. The molecule has 0 heterocycles. The van der Waals surface area contributed by atoms with Gasteiger partial charge in [0.05, 0.1) is 6.21 Å². The maximum atomic E-state index is 10.4. The van der Waals surface area contributed by atoms with Crippen LogP contribution in [0.1, 0.15) is 44.4 Å². The zero-order valence-electron chi connectivity index (χ0n) is 12.8. The number of hydrogen-bond acceptors (Lipinski definition) is 3. The van der Waals surface area contributed by atoms with Crippen LogP contribution in [0.4, 0.5) is 0 Å². The summed E-state index contributed by atoms with van der Waals surface area (Å²) in [5.41, 5.74) is 5.18. The van der Waals surface area contributed by atoms with Gasteiger partial charge in [0.25, 0.3) is 0 Å². The molecule has 0 saturated carbocycles. The van der Waals surface area contributed by atoms with Gasteiger partial charge < -0.3 is 10.9 Å². The number of hydrogen-bond donors (Lipinski definition) is 2. The number of hydrazone groups is 1. The van der Waals surface area contributed by atoms with Crippen LogP contribution in [0.3, 0.4) is 0 Å². The van der Waals surface area contributed by atoms with Gasteiger partial charge in [-0.25, -0.2) is 0 Å². The number of nitrogens with zero attached hydrogens (tertiary/aromatic N) is 1. The second-order valence-electron chi connectivity index (χ2n) is 5.44. The van der Waals surface area contributed by atoms with Crippen LogP contribution in [-0.2, 0) is 12.8 Å². The molecule has 0 aliphatic carbocycles. The lowest BCUT2D eigenvalue weighted by Crippen LogP contribution is -1.96. The minimum atomic E-state index is 0.370. The molecule has 0 unspecified atom stereocenters. The number of allylic oxidation sites excluding steroid dienone is 4. The Bertz CT molecular complexity index is 505. The van der Waals surface area contributed by atoms with Gasteiger partial charge in [0.2, 0.25) is 0 Å². The molecule has 1 rings (SSSR count). The second kappa shape index (κ2) is 7.53. The molecule has 0 spiro atoms. The van der Waals surface area contributed by atoms with Crippen molar-refractivity contribution in [1.82, 2.24) is 0 Å². The van der Waals surface area contributed by atoms with Crippen molar-refractivity contribution in [2.75, 3.05) is 0 Å². The van der Waals surface area contributed by atoms with Gasteiger partial charge in [0, 0.05) is 0 Å². The van der Waals surface area contributed by atoms with Crippen LogP contribution in [0.25, 0.3) is 0 Å². The van der Waals surface area contributed by atoms with E-state index in [2.05, 4.69) is 17.3 Å². The highest BCUT2D eigenvalue weighted by Gasteiger charge is 2.08. The van der Waals surface area contributed by atoms with Gasteiger partial charge >= 0.3 is 0 Å². The summed E-state index contributed by atoms with van der Waals surface area (Å²) in [5.74, 6) is 5.60. The van der Waals surface area contributed by atoms with E-state index in [0.29, 0.717) is 18.6 Å². The number of benzene rings is 1. The first kappa shape index (κ1) is 16.0. The Morgan fingerprint density at radius 3 is 1.85 bits per heavy atom. The molecule has 0 bridgehead atoms. The Labute approximate surface area is 121 Å². The van der Waals surface area contributed by atoms with Crippen molar-refractivity contribution in [1.29, 1.82) is 0 Å². The summed E-state index contributed by atoms with van der Waals surface area (Å²) < 4.78 is 0. The monoisotopic (exact) mass is 272 g/mol. The standard InChI is InChI=1S/C17H24N2O/c1-12(2)5-7-15-9-14(11-19-18)10-16(17(15)20)8-6-13(3)4/h5-6,9-11,20H,7-8,18H2,1-4H3. The number of phenols is 1. The molecule has 3 heteroatoms. The maximum Gasteiger partial charge on any atom is 0.122 e. The summed E-state index contributed by atoms with van der Waals surface area (Å²) in [7, 11) is 0. The molecule has 1 aromatic carbocycles. The summed E-state index contributed by atoms with van der Waals surface area (Å²) in [6.45, 7) is 8.19. The predicted octanol–water partition coefficient (Wildman–Crippen LogP) is 3.70. The molecule has 20 heavy (non-hydrogen) atoms. The maximum absolute atomic E-state index is 10.4. The molecule has 0 radical (unpaired) electrons. The fourth-order valence-corrected chi connectivity index (χ4v) is 1.89.